The van der Waals surface area contributed by atoms with Crippen LogP contribution in [0.25, 0.3) is 0 Å². The second-order valence-corrected chi connectivity index (χ2v) is 14.1. The third-order valence-corrected chi connectivity index (χ3v) is 9.01. The van der Waals surface area contributed by atoms with Crippen LogP contribution in [-0.4, -0.2) is 32.7 Å². The van der Waals surface area contributed by atoms with Gasteiger partial charge in [-0.25, -0.2) is 4.79 Å². The van der Waals surface area contributed by atoms with Crippen LogP contribution in [0.4, 0.5) is 4.79 Å². The van der Waals surface area contributed by atoms with E-state index < -0.39 is 20.0 Å². The normalized spacial score (nSPS) is 16.3. The van der Waals surface area contributed by atoms with Gasteiger partial charge in [0, 0.05) is 12.5 Å². The molecule has 1 N–H and O–H groups in total. The summed E-state index contributed by atoms with van der Waals surface area (Å²) in [5.41, 5.74) is -0.496. The summed E-state index contributed by atoms with van der Waals surface area (Å²) < 4.78 is 13.5. The average molecular weight is 455 g/mol. The van der Waals surface area contributed by atoms with E-state index in [1.54, 1.807) is 0 Å². The molecule has 6 heteroatoms. The van der Waals surface area contributed by atoms with Gasteiger partial charge in [-0.1, -0.05) is 56.4 Å². The fourth-order valence-corrected chi connectivity index (χ4v) is 3.12. The van der Waals surface area contributed by atoms with Crippen LogP contribution < -0.4 is 5.32 Å². The molecule has 23 heavy (non-hydrogen) atoms. The molecule has 0 heterocycles. The van der Waals surface area contributed by atoms with Gasteiger partial charge in [0.25, 0.3) is 0 Å². The van der Waals surface area contributed by atoms with E-state index in [2.05, 4.69) is 68.7 Å². The molecule has 0 radical (unpaired) electrons. The Labute approximate surface area is 157 Å². The lowest BCUT2D eigenvalue weighted by Crippen LogP contribution is -2.46. The molecule has 0 fully saturated rings. The first-order valence-corrected chi connectivity index (χ1v) is 12.3. The lowest BCUT2D eigenvalue weighted by molar-refractivity contribution is 0.0494. The number of hydrogen-bond acceptors (Lipinski definition) is 3. The second kappa shape index (κ2) is 8.85. The van der Waals surface area contributed by atoms with E-state index in [0.717, 1.165) is 0 Å². The summed E-state index contributed by atoms with van der Waals surface area (Å²) in [6.07, 6.45) is 1.58. The third kappa shape index (κ3) is 9.10. The van der Waals surface area contributed by atoms with Gasteiger partial charge in [-0.3, -0.25) is 0 Å². The number of ether oxygens (including phenoxy) is 1. The van der Waals surface area contributed by atoms with E-state index in [1.807, 2.05) is 30.9 Å². The first-order valence-electron chi connectivity index (χ1n) is 8.10. The van der Waals surface area contributed by atoms with E-state index in [4.69, 9.17) is 9.16 Å². The van der Waals surface area contributed by atoms with Gasteiger partial charge < -0.3 is 14.5 Å². The second-order valence-electron chi connectivity index (χ2n) is 8.54. The van der Waals surface area contributed by atoms with Crippen molar-refractivity contribution in [2.24, 2.45) is 5.92 Å². The van der Waals surface area contributed by atoms with Gasteiger partial charge in [-0.2, -0.15) is 0 Å². The predicted octanol–water partition coefficient (Wildman–Crippen LogP) is 5.49. The number of nitrogens with one attached hydrogen (secondary N) is 1. The van der Waals surface area contributed by atoms with E-state index in [0.29, 0.717) is 6.61 Å². The topological polar surface area (TPSA) is 47.6 Å². The highest BCUT2D eigenvalue weighted by molar-refractivity contribution is 14.1. The molecule has 0 rings (SSSR count). The highest BCUT2D eigenvalue weighted by atomic mass is 127. The van der Waals surface area contributed by atoms with Gasteiger partial charge in [-0.15, -0.1) is 0 Å². The zero-order valence-corrected chi connectivity index (χ0v) is 19.3. The van der Waals surface area contributed by atoms with Gasteiger partial charge in [-0.05, 0) is 43.0 Å². The Hall–Kier alpha value is -0.0831. The van der Waals surface area contributed by atoms with Crippen molar-refractivity contribution in [1.29, 1.82) is 0 Å². The summed E-state index contributed by atoms with van der Waals surface area (Å²) in [7, 11) is -1.78. The number of alkyl carbamates (subject to hydrolysis) is 1. The number of hydrogen-bond donors (Lipinski definition) is 1. The Morgan fingerprint density at radius 2 is 1.74 bits per heavy atom. The van der Waals surface area contributed by atoms with E-state index >= 15 is 0 Å². The minimum atomic E-state index is -1.78. The number of carbonyl (C=O) groups excluding carboxylic acids is 1. The van der Waals surface area contributed by atoms with E-state index in [-0.39, 0.29) is 17.0 Å². The lowest BCUT2D eigenvalue weighted by atomic mass is 10.0. The van der Waals surface area contributed by atoms with Crippen LogP contribution in [0.5, 0.6) is 0 Å². The van der Waals surface area contributed by atoms with Crippen molar-refractivity contribution in [3.8, 4) is 0 Å². The summed E-state index contributed by atoms with van der Waals surface area (Å²) in [6.45, 7) is 19.5. The smallest absolute Gasteiger partial charge is 0.408 e. The molecule has 0 spiro atoms. The molecule has 136 valence electrons. The molecule has 0 saturated carbocycles. The fourth-order valence-electron chi connectivity index (χ4n) is 1.56. The summed E-state index contributed by atoms with van der Waals surface area (Å²) in [6, 6.07) is -0.105. The van der Waals surface area contributed by atoms with Crippen LogP contribution in [0.1, 0.15) is 48.5 Å². The largest absolute Gasteiger partial charge is 0.444 e. The number of carbonyl (C=O) groups is 1. The standard InChI is InChI=1S/C17H34INO3Si/c1-13(12-21-23(8,9)17(5,6)7)14(10-11-18)19-15(20)22-16(2,3)4/h10-11,13-14H,12H2,1-9H3,(H,19,20)/b11-10+/t13-,14+/m1/s1. The first kappa shape index (κ1) is 22.9. The Balaban J connectivity index is 4.76. The van der Waals surface area contributed by atoms with Crippen LogP contribution in [0, 0.1) is 5.92 Å². The molecular weight excluding hydrogens is 421 g/mol. The Morgan fingerprint density at radius 1 is 1.22 bits per heavy atom. The summed E-state index contributed by atoms with van der Waals surface area (Å²) in [4.78, 5) is 12.0. The van der Waals surface area contributed by atoms with Gasteiger partial charge >= 0.3 is 6.09 Å². The number of rotatable bonds is 6. The maximum absolute atomic E-state index is 12.0. The predicted molar refractivity (Wildman–Crippen MR) is 109 cm³/mol. The molecule has 4 nitrogen and oxygen atoms in total. The van der Waals surface area contributed by atoms with Crippen LogP contribution >= 0.6 is 22.6 Å². The van der Waals surface area contributed by atoms with Gasteiger partial charge in [0.1, 0.15) is 5.60 Å². The minimum Gasteiger partial charge on any atom is -0.444 e. The molecule has 0 saturated heterocycles. The third-order valence-electron chi connectivity index (χ3n) is 4.09. The van der Waals surface area contributed by atoms with Crippen molar-refractivity contribution in [3.63, 3.8) is 0 Å². The molecule has 0 aromatic heterocycles. The van der Waals surface area contributed by atoms with Crippen molar-refractivity contribution in [2.45, 2.75) is 78.2 Å². The molecule has 0 aliphatic heterocycles. The molecule has 0 unspecified atom stereocenters. The molecule has 0 aromatic rings. The lowest BCUT2D eigenvalue weighted by Gasteiger charge is -2.37. The van der Waals surface area contributed by atoms with E-state index in [1.165, 1.54) is 0 Å². The SMILES string of the molecule is C[C@H](CO[Si](C)(C)C(C)(C)C)[C@H](/C=C/I)NC(=O)OC(C)(C)C. The Morgan fingerprint density at radius 3 is 2.13 bits per heavy atom. The van der Waals surface area contributed by atoms with Gasteiger partial charge in [0.2, 0.25) is 0 Å². The molecule has 0 bridgehead atoms. The zero-order valence-electron chi connectivity index (χ0n) is 16.1. The van der Waals surface area contributed by atoms with Crippen molar-refractivity contribution < 1.29 is 14.0 Å². The maximum atomic E-state index is 12.0. The summed E-state index contributed by atoms with van der Waals surface area (Å²) in [5, 5.41) is 3.11. The van der Waals surface area contributed by atoms with Gasteiger partial charge in [0.15, 0.2) is 8.32 Å². The molecule has 0 aliphatic rings. The molecule has 0 aliphatic carbocycles. The van der Waals surface area contributed by atoms with Crippen molar-refractivity contribution in [3.05, 3.63) is 10.2 Å². The molecule has 0 aromatic carbocycles. The van der Waals surface area contributed by atoms with Crippen molar-refractivity contribution >= 4 is 37.0 Å². The highest BCUT2D eigenvalue weighted by Gasteiger charge is 2.37. The van der Waals surface area contributed by atoms with Crippen LogP contribution in [0.15, 0.2) is 10.2 Å². The number of halogens is 1. The maximum Gasteiger partial charge on any atom is 0.408 e. The quantitative estimate of drug-likeness (QED) is 0.426. The Kier molecular flexibility index (Phi) is 8.82. The average Bonchev–Trinajstić information content (AvgIpc) is 2.31. The highest BCUT2D eigenvalue weighted by Crippen LogP contribution is 2.36. The number of amides is 1. The zero-order chi connectivity index (χ0) is 18.5. The summed E-state index contributed by atoms with van der Waals surface area (Å²) in [5.74, 6) is 0.169. The Bertz CT molecular complexity index is 411. The fraction of sp³-hybridized carbons (Fsp3) is 0.824. The first-order chi connectivity index (χ1) is 10.2. The van der Waals surface area contributed by atoms with Crippen LogP contribution in [-0.2, 0) is 9.16 Å². The molecule has 1 amide bonds. The van der Waals surface area contributed by atoms with Crippen molar-refractivity contribution in [2.75, 3.05) is 6.61 Å². The molecule has 2 atom stereocenters. The molecular formula is C17H34INO3Si. The van der Waals surface area contributed by atoms with Crippen molar-refractivity contribution in [1.82, 2.24) is 5.32 Å². The minimum absolute atomic E-state index is 0.105. The van der Waals surface area contributed by atoms with Crippen LogP contribution in [0.3, 0.4) is 0 Å². The van der Waals surface area contributed by atoms with Gasteiger partial charge in [0.05, 0.1) is 6.04 Å². The van der Waals surface area contributed by atoms with Crippen LogP contribution in [0.2, 0.25) is 18.1 Å². The monoisotopic (exact) mass is 455 g/mol. The van der Waals surface area contributed by atoms with E-state index in [9.17, 15) is 4.79 Å². The summed E-state index contributed by atoms with van der Waals surface area (Å²) >= 11 is 2.16.